The summed E-state index contributed by atoms with van der Waals surface area (Å²) in [4.78, 5) is 2.49. The number of ether oxygens (including phenoxy) is 1. The van der Waals surface area contributed by atoms with E-state index in [0.29, 0.717) is 5.92 Å². The van der Waals surface area contributed by atoms with Crippen LogP contribution >= 0.6 is 0 Å². The Morgan fingerprint density at radius 3 is 2.70 bits per heavy atom. The summed E-state index contributed by atoms with van der Waals surface area (Å²) in [5.41, 5.74) is 1.26. The fourth-order valence-electron chi connectivity index (χ4n) is 2.58. The van der Waals surface area contributed by atoms with Crippen molar-refractivity contribution in [1.82, 2.24) is 10.2 Å². The zero-order valence-corrected chi connectivity index (χ0v) is 12.9. The third kappa shape index (κ3) is 5.14. The lowest BCUT2D eigenvalue weighted by atomic mass is 10.2. The molecule has 0 unspecified atom stereocenters. The van der Waals surface area contributed by atoms with E-state index in [1.54, 1.807) is 0 Å². The van der Waals surface area contributed by atoms with E-state index in [-0.39, 0.29) is 0 Å². The highest BCUT2D eigenvalue weighted by atomic mass is 16.5. The Labute approximate surface area is 123 Å². The van der Waals surface area contributed by atoms with Gasteiger partial charge in [0.25, 0.3) is 0 Å². The Hall–Kier alpha value is -1.06. The summed E-state index contributed by atoms with van der Waals surface area (Å²) >= 11 is 0. The number of likely N-dealkylation sites (tertiary alicyclic amines) is 1. The van der Waals surface area contributed by atoms with E-state index >= 15 is 0 Å². The average Bonchev–Trinajstić information content (AvgIpc) is 2.93. The van der Waals surface area contributed by atoms with Gasteiger partial charge in [-0.05, 0) is 44.5 Å². The van der Waals surface area contributed by atoms with Gasteiger partial charge in [0.2, 0.25) is 0 Å². The predicted octanol–water partition coefficient (Wildman–Crippen LogP) is 2.91. The normalized spacial score (nSPS) is 15.9. The number of hydrogen-bond donors (Lipinski definition) is 1. The van der Waals surface area contributed by atoms with Crippen LogP contribution in [0.3, 0.4) is 0 Å². The molecule has 1 aromatic rings. The average molecular weight is 276 g/mol. The number of para-hydroxylation sites is 1. The maximum absolute atomic E-state index is 5.97. The van der Waals surface area contributed by atoms with Crippen molar-refractivity contribution >= 4 is 0 Å². The number of rotatable bonds is 8. The predicted molar refractivity (Wildman–Crippen MR) is 84.2 cm³/mol. The fraction of sp³-hybridized carbons (Fsp3) is 0.647. The van der Waals surface area contributed by atoms with Crippen molar-refractivity contribution in [3.63, 3.8) is 0 Å². The van der Waals surface area contributed by atoms with E-state index in [0.717, 1.165) is 32.0 Å². The molecule has 1 N–H and O–H groups in total. The summed E-state index contributed by atoms with van der Waals surface area (Å²) in [7, 11) is 0. The molecule has 0 saturated carbocycles. The van der Waals surface area contributed by atoms with Crippen LogP contribution in [0.2, 0.25) is 0 Å². The molecule has 2 rings (SSSR count). The van der Waals surface area contributed by atoms with Gasteiger partial charge in [-0.2, -0.15) is 0 Å². The smallest absolute Gasteiger partial charge is 0.123 e. The van der Waals surface area contributed by atoms with Crippen molar-refractivity contribution in [2.75, 3.05) is 32.8 Å². The topological polar surface area (TPSA) is 24.5 Å². The highest BCUT2D eigenvalue weighted by Gasteiger charge is 2.11. The van der Waals surface area contributed by atoms with Gasteiger partial charge in [-0.3, -0.25) is 4.90 Å². The maximum atomic E-state index is 5.97. The van der Waals surface area contributed by atoms with Gasteiger partial charge in [0.15, 0.2) is 0 Å². The SMILES string of the molecule is CC(C)CNCc1ccccc1OCCN1CCCC1. The van der Waals surface area contributed by atoms with Crippen LogP contribution in [0, 0.1) is 5.92 Å². The monoisotopic (exact) mass is 276 g/mol. The Balaban J connectivity index is 1.77. The first-order chi connectivity index (χ1) is 9.75. The molecular formula is C17H28N2O. The minimum Gasteiger partial charge on any atom is -0.492 e. The Morgan fingerprint density at radius 2 is 1.95 bits per heavy atom. The minimum absolute atomic E-state index is 0.679. The summed E-state index contributed by atoms with van der Waals surface area (Å²) in [6.07, 6.45) is 2.69. The molecule has 3 heteroatoms. The second kappa shape index (κ2) is 8.28. The first-order valence-corrected chi connectivity index (χ1v) is 7.89. The molecule has 0 radical (unpaired) electrons. The summed E-state index contributed by atoms with van der Waals surface area (Å²) in [6.45, 7) is 10.7. The molecule has 1 aliphatic rings. The first-order valence-electron chi connectivity index (χ1n) is 7.89. The van der Waals surface area contributed by atoms with Crippen LogP contribution in [-0.2, 0) is 6.54 Å². The van der Waals surface area contributed by atoms with Crippen molar-refractivity contribution in [1.29, 1.82) is 0 Å². The molecule has 1 fully saturated rings. The maximum Gasteiger partial charge on any atom is 0.123 e. The summed E-state index contributed by atoms with van der Waals surface area (Å²) in [6, 6.07) is 8.37. The number of nitrogens with one attached hydrogen (secondary N) is 1. The van der Waals surface area contributed by atoms with Crippen LogP contribution in [0.25, 0.3) is 0 Å². The third-order valence-corrected chi connectivity index (χ3v) is 3.70. The zero-order valence-electron chi connectivity index (χ0n) is 12.9. The first kappa shape index (κ1) is 15.3. The Morgan fingerprint density at radius 1 is 1.20 bits per heavy atom. The van der Waals surface area contributed by atoms with E-state index in [1.165, 1.54) is 31.5 Å². The molecule has 3 nitrogen and oxygen atoms in total. The lowest BCUT2D eigenvalue weighted by molar-refractivity contribution is 0.236. The van der Waals surface area contributed by atoms with Gasteiger partial charge in [0.05, 0.1) is 0 Å². The zero-order chi connectivity index (χ0) is 14.2. The lowest BCUT2D eigenvalue weighted by Crippen LogP contribution is -2.25. The van der Waals surface area contributed by atoms with Crippen molar-refractivity contribution < 1.29 is 4.74 Å². The van der Waals surface area contributed by atoms with Gasteiger partial charge in [-0.25, -0.2) is 0 Å². The fourth-order valence-corrected chi connectivity index (χ4v) is 2.58. The van der Waals surface area contributed by atoms with Gasteiger partial charge in [0.1, 0.15) is 12.4 Å². The van der Waals surface area contributed by atoms with Gasteiger partial charge >= 0.3 is 0 Å². The molecule has 0 bridgehead atoms. The highest BCUT2D eigenvalue weighted by Crippen LogP contribution is 2.18. The number of nitrogens with zero attached hydrogens (tertiary/aromatic N) is 1. The third-order valence-electron chi connectivity index (χ3n) is 3.70. The Kier molecular flexibility index (Phi) is 6.34. The quantitative estimate of drug-likeness (QED) is 0.790. The van der Waals surface area contributed by atoms with E-state index < -0.39 is 0 Å². The van der Waals surface area contributed by atoms with Gasteiger partial charge < -0.3 is 10.1 Å². The van der Waals surface area contributed by atoms with Gasteiger partial charge in [-0.15, -0.1) is 0 Å². The molecule has 0 aliphatic carbocycles. The van der Waals surface area contributed by atoms with Gasteiger partial charge in [-0.1, -0.05) is 32.0 Å². The van der Waals surface area contributed by atoms with Crippen LogP contribution in [0.1, 0.15) is 32.3 Å². The largest absolute Gasteiger partial charge is 0.492 e. The van der Waals surface area contributed by atoms with E-state index in [2.05, 4.69) is 48.3 Å². The molecule has 0 aromatic heterocycles. The molecule has 0 amide bonds. The highest BCUT2D eigenvalue weighted by molar-refractivity contribution is 5.33. The summed E-state index contributed by atoms with van der Waals surface area (Å²) in [5, 5.41) is 3.48. The number of hydrogen-bond acceptors (Lipinski definition) is 3. The van der Waals surface area contributed by atoms with Crippen LogP contribution in [-0.4, -0.2) is 37.7 Å². The molecule has 20 heavy (non-hydrogen) atoms. The van der Waals surface area contributed by atoms with Crippen molar-refractivity contribution in [2.24, 2.45) is 5.92 Å². The van der Waals surface area contributed by atoms with Crippen molar-refractivity contribution in [3.05, 3.63) is 29.8 Å². The van der Waals surface area contributed by atoms with Crippen LogP contribution in [0.5, 0.6) is 5.75 Å². The molecule has 0 atom stereocenters. The van der Waals surface area contributed by atoms with Gasteiger partial charge in [0, 0.05) is 18.7 Å². The molecule has 1 saturated heterocycles. The van der Waals surface area contributed by atoms with E-state index in [4.69, 9.17) is 4.74 Å². The second-order valence-electron chi connectivity index (χ2n) is 6.03. The van der Waals surface area contributed by atoms with Crippen molar-refractivity contribution in [2.45, 2.75) is 33.2 Å². The molecule has 1 aliphatic heterocycles. The second-order valence-corrected chi connectivity index (χ2v) is 6.03. The number of benzene rings is 1. The molecule has 1 aromatic carbocycles. The van der Waals surface area contributed by atoms with Crippen LogP contribution in [0.4, 0.5) is 0 Å². The minimum atomic E-state index is 0.679. The van der Waals surface area contributed by atoms with E-state index in [1.807, 2.05) is 0 Å². The lowest BCUT2D eigenvalue weighted by Gasteiger charge is -2.17. The van der Waals surface area contributed by atoms with Crippen molar-refractivity contribution in [3.8, 4) is 5.75 Å². The molecule has 1 heterocycles. The molecule has 0 spiro atoms. The van der Waals surface area contributed by atoms with Crippen LogP contribution in [0.15, 0.2) is 24.3 Å². The molecule has 112 valence electrons. The Bertz CT molecular complexity index is 386. The summed E-state index contributed by atoms with van der Waals surface area (Å²) < 4.78 is 5.97. The standard InChI is InChI=1S/C17H28N2O/c1-15(2)13-18-14-16-7-3-4-8-17(16)20-12-11-19-9-5-6-10-19/h3-4,7-8,15,18H,5-6,9-14H2,1-2H3. The van der Waals surface area contributed by atoms with Crippen LogP contribution < -0.4 is 10.1 Å². The van der Waals surface area contributed by atoms with E-state index in [9.17, 15) is 0 Å². The summed E-state index contributed by atoms with van der Waals surface area (Å²) in [5.74, 6) is 1.71. The molecular weight excluding hydrogens is 248 g/mol.